The Morgan fingerprint density at radius 2 is 1.58 bits per heavy atom. The van der Waals surface area contributed by atoms with Gasteiger partial charge in [-0.05, 0) is 60.0 Å². The van der Waals surface area contributed by atoms with Crippen LogP contribution in [0.1, 0.15) is 43.1 Å². The van der Waals surface area contributed by atoms with Gasteiger partial charge in [0, 0.05) is 35.2 Å². The zero-order valence-corrected chi connectivity index (χ0v) is 19.5. The molecule has 0 aliphatic carbocycles. The van der Waals surface area contributed by atoms with Gasteiger partial charge in [0.05, 0.1) is 24.8 Å². The number of nitrogens with zero attached hydrogens (tertiary/aromatic N) is 2. The van der Waals surface area contributed by atoms with Crippen molar-refractivity contribution >= 4 is 22.8 Å². The van der Waals surface area contributed by atoms with Crippen molar-refractivity contribution in [3.05, 3.63) is 106 Å². The van der Waals surface area contributed by atoms with Crippen LogP contribution in [0.3, 0.4) is 0 Å². The highest BCUT2D eigenvalue weighted by Crippen LogP contribution is 2.33. The molecule has 1 amide bonds. The van der Waals surface area contributed by atoms with E-state index in [-0.39, 0.29) is 11.5 Å². The summed E-state index contributed by atoms with van der Waals surface area (Å²) >= 11 is 0. The number of hydrogen-bond acceptors (Lipinski definition) is 3. The first kappa shape index (κ1) is 23.7. The van der Waals surface area contributed by atoms with Crippen LogP contribution in [-0.2, 0) is 30.4 Å². The van der Waals surface area contributed by atoms with Gasteiger partial charge in [0.25, 0.3) is 5.91 Å². The minimum Gasteiger partial charge on any atom is -0.465 e. The monoisotopic (exact) mass is 492 g/mol. The van der Waals surface area contributed by atoms with Crippen LogP contribution in [0.4, 0.5) is 13.2 Å². The van der Waals surface area contributed by atoms with Gasteiger partial charge in [-0.1, -0.05) is 30.3 Å². The zero-order valence-electron chi connectivity index (χ0n) is 19.5. The van der Waals surface area contributed by atoms with Crippen LogP contribution in [-0.4, -0.2) is 35.0 Å². The fourth-order valence-electron chi connectivity index (χ4n) is 4.78. The summed E-state index contributed by atoms with van der Waals surface area (Å²) < 4.78 is 45.7. The average molecular weight is 492 g/mol. The molecule has 1 aliphatic heterocycles. The van der Waals surface area contributed by atoms with Gasteiger partial charge >= 0.3 is 12.1 Å². The molecule has 36 heavy (non-hydrogen) atoms. The molecule has 0 bridgehead atoms. The largest absolute Gasteiger partial charge is 0.465 e. The first-order valence-corrected chi connectivity index (χ1v) is 11.5. The molecule has 0 atom stereocenters. The Morgan fingerprint density at radius 1 is 0.917 bits per heavy atom. The summed E-state index contributed by atoms with van der Waals surface area (Å²) in [6.07, 6.45) is -3.80. The fourth-order valence-corrected chi connectivity index (χ4v) is 4.78. The molecular weight excluding hydrogens is 469 g/mol. The number of benzene rings is 3. The number of halogens is 3. The van der Waals surface area contributed by atoms with Gasteiger partial charge in [-0.2, -0.15) is 13.2 Å². The van der Waals surface area contributed by atoms with Crippen molar-refractivity contribution in [2.75, 3.05) is 13.7 Å². The highest BCUT2D eigenvalue weighted by atomic mass is 19.4. The number of carbonyl (C=O) groups is 2. The van der Waals surface area contributed by atoms with Crippen molar-refractivity contribution < 1.29 is 27.5 Å². The number of esters is 1. The van der Waals surface area contributed by atoms with E-state index in [0.29, 0.717) is 31.6 Å². The molecule has 2 heterocycles. The fraction of sp³-hybridized carbons (Fsp3) is 0.214. The molecule has 1 aliphatic rings. The summed E-state index contributed by atoms with van der Waals surface area (Å²) in [5.41, 5.74) is 4.12. The van der Waals surface area contributed by atoms with Crippen molar-refractivity contribution in [1.29, 1.82) is 0 Å². The molecule has 0 radical (unpaired) electrons. The summed E-state index contributed by atoms with van der Waals surface area (Å²) in [5, 5.41) is 1.13. The molecule has 0 saturated heterocycles. The van der Waals surface area contributed by atoms with Crippen LogP contribution in [0.25, 0.3) is 10.9 Å². The number of aromatic nitrogens is 1. The van der Waals surface area contributed by atoms with Crippen molar-refractivity contribution in [3.8, 4) is 0 Å². The van der Waals surface area contributed by atoms with E-state index in [1.54, 1.807) is 17.0 Å². The Labute approximate surface area is 205 Å². The minimum absolute atomic E-state index is 0.229. The Kier molecular flexibility index (Phi) is 6.04. The van der Waals surface area contributed by atoms with Crippen molar-refractivity contribution in [3.63, 3.8) is 0 Å². The molecule has 8 heteroatoms. The Balaban J connectivity index is 1.45. The quantitative estimate of drug-likeness (QED) is 0.344. The number of para-hydroxylation sites is 1. The molecule has 0 spiro atoms. The third kappa shape index (κ3) is 4.34. The SMILES string of the molecule is COC(=O)c1ccc(Cn2c3c(c4ccccc42)CCN(C(=O)c2ccc(C(F)(F)F)cc2)C3)cc1. The van der Waals surface area contributed by atoms with E-state index < -0.39 is 17.7 Å². The van der Waals surface area contributed by atoms with E-state index in [9.17, 15) is 22.8 Å². The molecule has 0 unspecified atom stereocenters. The van der Waals surface area contributed by atoms with Crippen LogP contribution in [0.2, 0.25) is 0 Å². The van der Waals surface area contributed by atoms with E-state index in [1.165, 1.54) is 24.8 Å². The predicted molar refractivity (Wildman–Crippen MR) is 129 cm³/mol. The summed E-state index contributed by atoms with van der Waals surface area (Å²) in [5.74, 6) is -0.698. The summed E-state index contributed by atoms with van der Waals surface area (Å²) in [6, 6.07) is 19.6. The minimum atomic E-state index is -4.45. The van der Waals surface area contributed by atoms with Gasteiger partial charge < -0.3 is 14.2 Å². The molecule has 0 N–H and O–H groups in total. The molecule has 1 aromatic heterocycles. The van der Waals surface area contributed by atoms with Crippen molar-refractivity contribution in [2.24, 2.45) is 0 Å². The van der Waals surface area contributed by atoms with Gasteiger partial charge in [0.15, 0.2) is 0 Å². The predicted octanol–water partition coefficient (Wildman–Crippen LogP) is 5.69. The van der Waals surface area contributed by atoms with Crippen molar-refractivity contribution in [2.45, 2.75) is 25.7 Å². The number of fused-ring (bicyclic) bond motifs is 3. The lowest BCUT2D eigenvalue weighted by Gasteiger charge is -2.29. The number of hydrogen-bond donors (Lipinski definition) is 0. The highest BCUT2D eigenvalue weighted by Gasteiger charge is 2.31. The first-order valence-electron chi connectivity index (χ1n) is 11.5. The summed E-state index contributed by atoms with van der Waals surface area (Å²) in [6.45, 7) is 1.37. The molecule has 4 aromatic rings. The molecular formula is C28H23F3N2O3. The second-order valence-corrected chi connectivity index (χ2v) is 8.77. The molecule has 0 saturated carbocycles. The Hall–Kier alpha value is -4.07. The topological polar surface area (TPSA) is 51.5 Å². The number of rotatable bonds is 4. The van der Waals surface area contributed by atoms with Crippen LogP contribution in [0, 0.1) is 0 Å². The number of methoxy groups -OCH3 is 1. The number of amides is 1. The summed E-state index contributed by atoms with van der Waals surface area (Å²) in [7, 11) is 1.34. The molecule has 3 aromatic carbocycles. The first-order chi connectivity index (χ1) is 17.3. The van der Waals surface area contributed by atoms with E-state index in [1.807, 2.05) is 30.3 Å². The molecule has 5 rings (SSSR count). The maximum Gasteiger partial charge on any atom is 0.416 e. The lowest BCUT2D eigenvalue weighted by atomic mass is 10.0. The molecule has 0 fully saturated rings. The lowest BCUT2D eigenvalue weighted by molar-refractivity contribution is -0.137. The standard InChI is InChI=1S/C28H23F3N2O3/c1-36-27(35)20-8-6-18(7-9-20)16-33-24-5-3-2-4-22(24)23-14-15-32(17-25(23)33)26(34)19-10-12-21(13-11-19)28(29,30)31/h2-13H,14-17H2,1H3. The summed E-state index contributed by atoms with van der Waals surface area (Å²) in [4.78, 5) is 26.6. The van der Waals surface area contributed by atoms with Gasteiger partial charge in [-0.15, -0.1) is 0 Å². The maximum atomic E-state index is 13.2. The molecule has 5 nitrogen and oxygen atoms in total. The van der Waals surface area contributed by atoms with Crippen LogP contribution in [0.5, 0.6) is 0 Å². The lowest BCUT2D eigenvalue weighted by Crippen LogP contribution is -2.36. The maximum absolute atomic E-state index is 13.2. The van der Waals surface area contributed by atoms with Gasteiger partial charge in [0.2, 0.25) is 0 Å². The van der Waals surface area contributed by atoms with Crippen LogP contribution in [0.15, 0.2) is 72.8 Å². The average Bonchev–Trinajstić information content (AvgIpc) is 3.20. The van der Waals surface area contributed by atoms with E-state index in [2.05, 4.69) is 10.6 Å². The van der Waals surface area contributed by atoms with E-state index in [4.69, 9.17) is 4.74 Å². The Bertz CT molecular complexity index is 1440. The van der Waals surface area contributed by atoms with E-state index in [0.717, 1.165) is 34.3 Å². The number of alkyl halides is 3. The van der Waals surface area contributed by atoms with E-state index >= 15 is 0 Å². The van der Waals surface area contributed by atoms with Gasteiger partial charge in [-0.3, -0.25) is 4.79 Å². The van der Waals surface area contributed by atoms with Crippen molar-refractivity contribution in [1.82, 2.24) is 9.47 Å². The Morgan fingerprint density at radius 3 is 2.25 bits per heavy atom. The second-order valence-electron chi connectivity index (χ2n) is 8.77. The normalized spacial score (nSPS) is 13.5. The van der Waals surface area contributed by atoms with Gasteiger partial charge in [0.1, 0.15) is 0 Å². The number of ether oxygens (including phenoxy) is 1. The zero-order chi connectivity index (χ0) is 25.4. The van der Waals surface area contributed by atoms with Crippen LogP contribution >= 0.6 is 0 Å². The highest BCUT2D eigenvalue weighted by molar-refractivity contribution is 5.95. The third-order valence-electron chi connectivity index (χ3n) is 6.63. The second kappa shape index (κ2) is 9.18. The smallest absolute Gasteiger partial charge is 0.416 e. The number of carbonyl (C=O) groups excluding carboxylic acids is 2. The van der Waals surface area contributed by atoms with Gasteiger partial charge in [-0.25, -0.2) is 4.79 Å². The van der Waals surface area contributed by atoms with Crippen LogP contribution < -0.4 is 0 Å². The third-order valence-corrected chi connectivity index (χ3v) is 6.63. The molecule has 184 valence electrons.